The summed E-state index contributed by atoms with van der Waals surface area (Å²) in [6.45, 7) is 1.63. The average Bonchev–Trinajstić information content (AvgIpc) is 2.89. The van der Waals surface area contributed by atoms with E-state index < -0.39 is 10.2 Å². The van der Waals surface area contributed by atoms with E-state index in [1.807, 2.05) is 16.3 Å². The van der Waals surface area contributed by atoms with Crippen molar-refractivity contribution in [2.75, 3.05) is 33.7 Å². The minimum Gasteiger partial charge on any atom is -0.338 e. The second-order valence-electron chi connectivity index (χ2n) is 6.83. The first-order valence-corrected chi connectivity index (χ1v) is 10.6. The van der Waals surface area contributed by atoms with E-state index in [4.69, 9.17) is 0 Å². The third-order valence-electron chi connectivity index (χ3n) is 4.95. The molecule has 6 nitrogen and oxygen atoms in total. The van der Waals surface area contributed by atoms with Gasteiger partial charge in [-0.3, -0.25) is 4.79 Å². The second kappa shape index (κ2) is 7.11. The first-order chi connectivity index (χ1) is 11.4. The van der Waals surface area contributed by atoms with Crippen LogP contribution in [0.25, 0.3) is 0 Å². The zero-order valence-corrected chi connectivity index (χ0v) is 15.9. The number of hydrogen-bond acceptors (Lipinski definition) is 4. The molecule has 3 fully saturated rings. The molecule has 134 valence electrons. The zero-order chi connectivity index (χ0) is 17.3. The first-order valence-electron chi connectivity index (χ1n) is 8.37. The number of carbonyl (C=O) groups excluding carboxylic acids is 1. The van der Waals surface area contributed by atoms with Crippen LogP contribution in [0.4, 0.5) is 0 Å². The summed E-state index contributed by atoms with van der Waals surface area (Å²) in [7, 11) is -0.292. The molecule has 0 aromatic carbocycles. The van der Waals surface area contributed by atoms with E-state index in [1.54, 1.807) is 29.7 Å². The normalized spacial score (nSPS) is 25.2. The topological polar surface area (TPSA) is 60.9 Å². The highest BCUT2D eigenvalue weighted by Gasteiger charge is 2.41. The van der Waals surface area contributed by atoms with Gasteiger partial charge >= 0.3 is 0 Å². The lowest BCUT2D eigenvalue weighted by Crippen LogP contribution is -2.48. The molecule has 0 spiro atoms. The molecule has 1 amide bonds. The molecule has 0 aliphatic carbocycles. The van der Waals surface area contributed by atoms with Crippen LogP contribution in [0.5, 0.6) is 0 Å². The van der Waals surface area contributed by atoms with Crippen LogP contribution < -0.4 is 0 Å². The monoisotopic (exact) mass is 371 g/mol. The predicted octanol–water partition coefficient (Wildman–Crippen LogP) is 1.41. The van der Waals surface area contributed by atoms with E-state index >= 15 is 0 Å². The standard InChI is InChI=1S/C16H25N3O3S2/c1-17(2)24(21,22)18-10-13-5-6-14(12-18)19(11-13)16(20)8-7-15-4-3-9-23-15/h3-4,9,13-14H,5-8,10-12H2,1-2H3/t13-,14+/m1/s1. The Balaban J connectivity index is 1.68. The van der Waals surface area contributed by atoms with Gasteiger partial charge in [0.05, 0.1) is 0 Å². The van der Waals surface area contributed by atoms with Crippen molar-refractivity contribution in [3.63, 3.8) is 0 Å². The number of carbonyl (C=O) groups is 1. The van der Waals surface area contributed by atoms with Crippen molar-refractivity contribution in [3.8, 4) is 0 Å². The zero-order valence-electron chi connectivity index (χ0n) is 14.2. The number of amides is 1. The summed E-state index contributed by atoms with van der Waals surface area (Å²) in [6.07, 6.45) is 3.17. The quantitative estimate of drug-likeness (QED) is 0.786. The Morgan fingerprint density at radius 1 is 1.29 bits per heavy atom. The van der Waals surface area contributed by atoms with Gasteiger partial charge in [0.2, 0.25) is 5.91 Å². The Hall–Kier alpha value is -0.960. The first kappa shape index (κ1) is 17.8. The van der Waals surface area contributed by atoms with Gasteiger partial charge in [0, 0.05) is 51.1 Å². The van der Waals surface area contributed by atoms with Gasteiger partial charge in [-0.15, -0.1) is 11.3 Å². The number of aryl methyl sites for hydroxylation is 1. The minimum absolute atomic E-state index is 0.00862. The minimum atomic E-state index is -3.42. The predicted molar refractivity (Wildman–Crippen MR) is 95.0 cm³/mol. The van der Waals surface area contributed by atoms with Crippen molar-refractivity contribution >= 4 is 27.5 Å². The Kier molecular flexibility index (Phi) is 5.29. The summed E-state index contributed by atoms with van der Waals surface area (Å²) >= 11 is 1.67. The van der Waals surface area contributed by atoms with Crippen LogP contribution in [-0.2, 0) is 21.4 Å². The van der Waals surface area contributed by atoms with Crippen LogP contribution in [0.1, 0.15) is 24.1 Å². The third kappa shape index (κ3) is 3.66. The molecule has 0 N–H and O–H groups in total. The van der Waals surface area contributed by atoms with E-state index in [-0.39, 0.29) is 17.9 Å². The number of rotatable bonds is 5. The largest absolute Gasteiger partial charge is 0.338 e. The lowest BCUT2D eigenvalue weighted by atomic mass is 9.94. The van der Waals surface area contributed by atoms with Gasteiger partial charge in [-0.1, -0.05) is 6.07 Å². The van der Waals surface area contributed by atoms with Crippen LogP contribution in [-0.4, -0.2) is 67.6 Å². The summed E-state index contributed by atoms with van der Waals surface area (Å²) in [5.41, 5.74) is 0. The Bertz CT molecular complexity index is 673. The van der Waals surface area contributed by atoms with E-state index in [0.29, 0.717) is 26.1 Å². The smallest absolute Gasteiger partial charge is 0.281 e. The van der Waals surface area contributed by atoms with Crippen molar-refractivity contribution < 1.29 is 13.2 Å². The van der Waals surface area contributed by atoms with Crippen LogP contribution in [0.3, 0.4) is 0 Å². The molecule has 1 aromatic heterocycles. The summed E-state index contributed by atoms with van der Waals surface area (Å²) < 4.78 is 27.8. The molecule has 8 heteroatoms. The van der Waals surface area contributed by atoms with E-state index in [9.17, 15) is 13.2 Å². The number of nitrogens with zero attached hydrogens (tertiary/aromatic N) is 3. The van der Waals surface area contributed by atoms with Crippen LogP contribution >= 0.6 is 11.3 Å². The van der Waals surface area contributed by atoms with Crippen LogP contribution in [0, 0.1) is 5.92 Å². The van der Waals surface area contributed by atoms with Crippen molar-refractivity contribution in [1.82, 2.24) is 13.5 Å². The molecular weight excluding hydrogens is 346 g/mol. The van der Waals surface area contributed by atoms with Crippen molar-refractivity contribution in [2.45, 2.75) is 31.7 Å². The molecule has 3 aliphatic rings. The maximum Gasteiger partial charge on any atom is 0.281 e. The number of thiophene rings is 1. The summed E-state index contributed by atoms with van der Waals surface area (Å²) in [5, 5.41) is 2.03. The highest BCUT2D eigenvalue weighted by Crippen LogP contribution is 2.30. The molecule has 2 bridgehead atoms. The number of piperidine rings is 1. The molecule has 0 radical (unpaired) electrons. The molecular formula is C16H25N3O3S2. The van der Waals surface area contributed by atoms with Gasteiger partial charge in [0.25, 0.3) is 10.2 Å². The average molecular weight is 372 g/mol. The lowest BCUT2D eigenvalue weighted by molar-refractivity contribution is -0.135. The van der Waals surface area contributed by atoms with Crippen molar-refractivity contribution in [2.24, 2.45) is 5.92 Å². The summed E-state index contributed by atoms with van der Waals surface area (Å²) in [5.74, 6) is 0.395. The van der Waals surface area contributed by atoms with Gasteiger partial charge < -0.3 is 4.90 Å². The van der Waals surface area contributed by atoms with E-state index in [0.717, 1.165) is 19.3 Å². The van der Waals surface area contributed by atoms with Gasteiger partial charge in [-0.2, -0.15) is 17.0 Å². The molecule has 3 aliphatic heterocycles. The molecule has 4 heterocycles. The molecule has 24 heavy (non-hydrogen) atoms. The molecule has 3 saturated heterocycles. The van der Waals surface area contributed by atoms with Crippen LogP contribution in [0.2, 0.25) is 0 Å². The molecule has 4 rings (SSSR count). The third-order valence-corrected chi connectivity index (χ3v) is 7.76. The Morgan fingerprint density at radius 3 is 2.75 bits per heavy atom. The molecule has 2 atom stereocenters. The second-order valence-corrected chi connectivity index (χ2v) is 10.0. The van der Waals surface area contributed by atoms with E-state index in [1.165, 1.54) is 9.18 Å². The lowest BCUT2D eigenvalue weighted by Gasteiger charge is -2.36. The maximum atomic E-state index is 12.7. The molecule has 0 saturated carbocycles. The fraction of sp³-hybridized carbons (Fsp3) is 0.688. The fourth-order valence-electron chi connectivity index (χ4n) is 3.59. The highest BCUT2D eigenvalue weighted by atomic mass is 32.2. The highest BCUT2D eigenvalue weighted by molar-refractivity contribution is 7.86. The molecule has 1 aromatic rings. The fourth-order valence-corrected chi connectivity index (χ4v) is 5.52. The van der Waals surface area contributed by atoms with E-state index in [2.05, 4.69) is 6.07 Å². The van der Waals surface area contributed by atoms with Crippen LogP contribution in [0.15, 0.2) is 17.5 Å². The van der Waals surface area contributed by atoms with Gasteiger partial charge in [0.15, 0.2) is 0 Å². The Labute approximate surface area is 148 Å². The SMILES string of the molecule is CN(C)S(=O)(=O)N1C[C@H]2CC[C@@H](C1)N(C(=O)CCc1cccs1)C2. The van der Waals surface area contributed by atoms with Gasteiger partial charge in [-0.05, 0) is 36.6 Å². The Morgan fingerprint density at radius 2 is 2.08 bits per heavy atom. The van der Waals surface area contributed by atoms with Crippen molar-refractivity contribution in [3.05, 3.63) is 22.4 Å². The number of hydrogen-bond donors (Lipinski definition) is 0. The summed E-state index contributed by atoms with van der Waals surface area (Å²) in [6, 6.07) is 4.06. The van der Waals surface area contributed by atoms with Gasteiger partial charge in [-0.25, -0.2) is 0 Å². The van der Waals surface area contributed by atoms with Crippen molar-refractivity contribution in [1.29, 1.82) is 0 Å². The summed E-state index contributed by atoms with van der Waals surface area (Å²) in [4.78, 5) is 15.8. The van der Waals surface area contributed by atoms with Gasteiger partial charge in [0.1, 0.15) is 0 Å². The number of fused-ring (bicyclic) bond motifs is 4. The molecule has 0 unspecified atom stereocenters. The maximum absolute atomic E-state index is 12.7.